The minimum Gasteiger partial charge on any atom is -0.325 e. The zero-order valence-electron chi connectivity index (χ0n) is 9.71. The molecular weight excluding hydrogens is 323 g/mol. The summed E-state index contributed by atoms with van der Waals surface area (Å²) in [4.78, 5) is 11.9. The molecule has 1 saturated heterocycles. The lowest BCUT2D eigenvalue weighted by Gasteiger charge is -2.22. The number of amides is 1. The molecule has 0 radical (unpaired) electrons. The van der Waals surface area contributed by atoms with E-state index >= 15 is 0 Å². The fraction of sp³-hybridized carbons (Fsp3) is 0.417. The Labute approximate surface area is 120 Å². The zero-order valence-corrected chi connectivity index (χ0v) is 12.1. The van der Waals surface area contributed by atoms with Crippen LogP contribution >= 0.6 is 28.3 Å². The molecule has 0 unspecified atom stereocenters. The van der Waals surface area contributed by atoms with E-state index < -0.39 is 0 Å². The van der Waals surface area contributed by atoms with Gasteiger partial charge in [-0.3, -0.25) is 4.79 Å². The summed E-state index contributed by atoms with van der Waals surface area (Å²) in [5, 5.41) is 5.95. The number of benzene rings is 1. The number of hydrogen-bond donors (Lipinski definition) is 2. The van der Waals surface area contributed by atoms with E-state index in [9.17, 15) is 9.18 Å². The molecule has 1 aliphatic heterocycles. The predicted molar refractivity (Wildman–Crippen MR) is 75.6 cm³/mol. The van der Waals surface area contributed by atoms with Gasteiger partial charge in [0, 0.05) is 5.69 Å². The van der Waals surface area contributed by atoms with Crippen molar-refractivity contribution in [1.29, 1.82) is 0 Å². The Balaban J connectivity index is 0.00000162. The first-order chi connectivity index (χ1) is 8.16. The normalized spacial score (nSPS) is 18.9. The van der Waals surface area contributed by atoms with Crippen molar-refractivity contribution in [3.8, 4) is 0 Å². The third-order valence-corrected chi connectivity index (χ3v) is 3.42. The molecule has 3 nitrogen and oxygen atoms in total. The minimum atomic E-state index is -0.334. The first kappa shape index (κ1) is 15.4. The number of hydrogen-bond acceptors (Lipinski definition) is 2. The van der Waals surface area contributed by atoms with Crippen LogP contribution in [-0.4, -0.2) is 18.5 Å². The number of anilines is 1. The van der Waals surface area contributed by atoms with Crippen LogP contribution in [0.25, 0.3) is 0 Å². The van der Waals surface area contributed by atoms with E-state index in [2.05, 4.69) is 26.6 Å². The summed E-state index contributed by atoms with van der Waals surface area (Å²) >= 11 is 3.09. The summed E-state index contributed by atoms with van der Waals surface area (Å²) in [5.41, 5.74) is 0.607. The van der Waals surface area contributed by atoms with Crippen molar-refractivity contribution in [3.05, 3.63) is 28.5 Å². The van der Waals surface area contributed by atoms with E-state index in [1.54, 1.807) is 12.1 Å². The molecule has 0 bridgehead atoms. The maximum Gasteiger partial charge on any atom is 0.241 e. The summed E-state index contributed by atoms with van der Waals surface area (Å²) in [6.45, 7) is 0.880. The van der Waals surface area contributed by atoms with Gasteiger partial charge >= 0.3 is 0 Å². The molecule has 2 N–H and O–H groups in total. The predicted octanol–water partition coefficient (Wildman–Crippen LogP) is 3.09. The van der Waals surface area contributed by atoms with Crippen LogP contribution in [0.4, 0.5) is 10.1 Å². The van der Waals surface area contributed by atoms with Crippen LogP contribution in [-0.2, 0) is 4.79 Å². The maximum absolute atomic E-state index is 13.0. The average molecular weight is 338 g/mol. The fourth-order valence-electron chi connectivity index (χ4n) is 1.88. The molecule has 1 aromatic carbocycles. The summed E-state index contributed by atoms with van der Waals surface area (Å²) in [7, 11) is 0. The topological polar surface area (TPSA) is 41.1 Å². The van der Waals surface area contributed by atoms with E-state index in [1.807, 2.05) is 0 Å². The van der Waals surface area contributed by atoms with E-state index in [4.69, 9.17) is 0 Å². The Morgan fingerprint density at radius 2 is 2.22 bits per heavy atom. The Kier molecular flexibility index (Phi) is 6.05. The van der Waals surface area contributed by atoms with Gasteiger partial charge in [-0.05, 0) is 53.5 Å². The number of halogens is 3. The van der Waals surface area contributed by atoms with Gasteiger partial charge in [-0.1, -0.05) is 6.42 Å². The highest BCUT2D eigenvalue weighted by atomic mass is 79.9. The monoisotopic (exact) mass is 336 g/mol. The fourth-order valence-corrected chi connectivity index (χ4v) is 2.26. The molecule has 1 heterocycles. The smallest absolute Gasteiger partial charge is 0.241 e. The SMILES string of the molecule is Cl.O=C(Nc1ccc(F)c(Br)c1)[C@H]1CCCCN1. The third-order valence-electron chi connectivity index (χ3n) is 2.81. The van der Waals surface area contributed by atoms with Gasteiger partial charge in [0.2, 0.25) is 5.91 Å². The van der Waals surface area contributed by atoms with E-state index in [-0.39, 0.29) is 30.2 Å². The molecule has 1 amide bonds. The Hall–Kier alpha value is -0.650. The molecule has 1 aliphatic rings. The molecule has 1 fully saturated rings. The Morgan fingerprint density at radius 1 is 1.44 bits per heavy atom. The molecule has 1 atom stereocenters. The lowest BCUT2D eigenvalue weighted by molar-refractivity contribution is -0.118. The standard InChI is InChI=1S/C12H14BrFN2O.ClH/c13-9-7-8(4-5-10(9)14)16-12(17)11-3-1-2-6-15-11;/h4-5,7,11,15H,1-3,6H2,(H,16,17);1H/t11-;/m1./s1. The van der Waals surface area contributed by atoms with E-state index in [0.29, 0.717) is 10.2 Å². The second-order valence-corrected chi connectivity index (χ2v) is 4.97. The minimum absolute atomic E-state index is 0. The molecule has 2 rings (SSSR count). The number of nitrogens with one attached hydrogen (secondary N) is 2. The molecular formula is C12H15BrClFN2O. The van der Waals surface area contributed by atoms with E-state index in [0.717, 1.165) is 25.8 Å². The number of rotatable bonds is 2. The van der Waals surface area contributed by atoms with Crippen molar-refractivity contribution < 1.29 is 9.18 Å². The third kappa shape index (κ3) is 3.93. The van der Waals surface area contributed by atoms with Gasteiger partial charge < -0.3 is 10.6 Å². The second-order valence-electron chi connectivity index (χ2n) is 4.12. The van der Waals surface area contributed by atoms with Gasteiger partial charge in [0.15, 0.2) is 0 Å². The summed E-state index contributed by atoms with van der Waals surface area (Å²) in [5.74, 6) is -0.387. The zero-order chi connectivity index (χ0) is 12.3. The highest BCUT2D eigenvalue weighted by Gasteiger charge is 2.20. The van der Waals surface area contributed by atoms with Crippen LogP contribution in [0, 0.1) is 5.82 Å². The summed E-state index contributed by atoms with van der Waals surface area (Å²) < 4.78 is 13.4. The quantitative estimate of drug-likeness (QED) is 0.871. The molecule has 18 heavy (non-hydrogen) atoms. The highest BCUT2D eigenvalue weighted by molar-refractivity contribution is 9.10. The number of carbonyl (C=O) groups is 1. The lowest BCUT2D eigenvalue weighted by atomic mass is 10.0. The first-order valence-electron chi connectivity index (χ1n) is 5.66. The van der Waals surface area contributed by atoms with Crippen LogP contribution in [0.15, 0.2) is 22.7 Å². The molecule has 0 spiro atoms. The molecule has 0 aliphatic carbocycles. The van der Waals surface area contributed by atoms with Crippen LogP contribution in [0.5, 0.6) is 0 Å². The van der Waals surface area contributed by atoms with E-state index in [1.165, 1.54) is 6.07 Å². The van der Waals surface area contributed by atoms with Crippen molar-refractivity contribution in [3.63, 3.8) is 0 Å². The lowest BCUT2D eigenvalue weighted by Crippen LogP contribution is -2.43. The van der Waals surface area contributed by atoms with Crippen molar-refractivity contribution in [2.24, 2.45) is 0 Å². The summed E-state index contributed by atoms with van der Waals surface area (Å²) in [6.07, 6.45) is 3.04. The van der Waals surface area contributed by atoms with Gasteiger partial charge in [0.05, 0.1) is 10.5 Å². The van der Waals surface area contributed by atoms with Crippen LogP contribution < -0.4 is 10.6 Å². The second kappa shape index (κ2) is 7.07. The molecule has 0 saturated carbocycles. The maximum atomic E-state index is 13.0. The molecule has 100 valence electrons. The van der Waals surface area contributed by atoms with Gasteiger partial charge in [-0.2, -0.15) is 0 Å². The highest BCUT2D eigenvalue weighted by Crippen LogP contribution is 2.20. The average Bonchev–Trinajstić information content (AvgIpc) is 2.35. The first-order valence-corrected chi connectivity index (χ1v) is 6.45. The van der Waals surface area contributed by atoms with Gasteiger partial charge in [0.25, 0.3) is 0 Å². The van der Waals surface area contributed by atoms with Crippen molar-refractivity contribution in [1.82, 2.24) is 5.32 Å². The van der Waals surface area contributed by atoms with Gasteiger partial charge in [-0.15, -0.1) is 12.4 Å². The number of piperidine rings is 1. The largest absolute Gasteiger partial charge is 0.325 e. The Bertz CT molecular complexity index is 425. The van der Waals surface area contributed by atoms with Crippen LogP contribution in [0.2, 0.25) is 0 Å². The summed E-state index contributed by atoms with van der Waals surface area (Å²) in [6, 6.07) is 4.32. The van der Waals surface area contributed by atoms with Crippen molar-refractivity contribution >= 4 is 39.9 Å². The number of carbonyl (C=O) groups excluding carboxylic acids is 1. The van der Waals surface area contributed by atoms with Crippen LogP contribution in [0.3, 0.4) is 0 Å². The van der Waals surface area contributed by atoms with Crippen molar-refractivity contribution in [2.75, 3.05) is 11.9 Å². The molecule has 1 aromatic rings. The van der Waals surface area contributed by atoms with Crippen molar-refractivity contribution in [2.45, 2.75) is 25.3 Å². The van der Waals surface area contributed by atoms with Crippen LogP contribution in [0.1, 0.15) is 19.3 Å². The van der Waals surface area contributed by atoms with Gasteiger partial charge in [0.1, 0.15) is 5.82 Å². The Morgan fingerprint density at radius 3 is 2.83 bits per heavy atom. The van der Waals surface area contributed by atoms with Gasteiger partial charge in [-0.25, -0.2) is 4.39 Å². The molecule has 0 aromatic heterocycles. The molecule has 6 heteroatoms.